The number of ether oxygens (including phenoxy) is 4. The van der Waals surface area contributed by atoms with Crippen LogP contribution < -0.4 is 10.1 Å². The molecule has 0 amide bonds. The van der Waals surface area contributed by atoms with Crippen LogP contribution in [0.1, 0.15) is 25.0 Å². The Labute approximate surface area is 191 Å². The standard InChI is InChI=1S/C23H28N4O6/c1-22(2)32-19-16(10-28)26-23(29,20(19)33-22)15-9-27(13-31-11-14-7-5-4-6-8-14)18-17(15)24-12-25-21(18)30-3/h4-9,12,16,19-20,26,28-29H,10-11,13H2,1-3H3/t16-,19-,20-,23+/m1/s1. The molecule has 3 N–H and O–H groups in total. The number of aliphatic hydroxyl groups is 2. The number of rotatable bonds is 7. The van der Waals surface area contributed by atoms with E-state index in [2.05, 4.69) is 15.3 Å². The Morgan fingerprint density at radius 3 is 2.70 bits per heavy atom. The number of nitrogens with zero attached hydrogens (tertiary/aromatic N) is 3. The molecule has 33 heavy (non-hydrogen) atoms. The van der Waals surface area contributed by atoms with Gasteiger partial charge in [-0.1, -0.05) is 30.3 Å². The molecule has 0 radical (unpaired) electrons. The van der Waals surface area contributed by atoms with E-state index in [1.54, 1.807) is 24.6 Å². The third-order valence-electron chi connectivity index (χ3n) is 6.10. The Kier molecular flexibility index (Phi) is 5.60. The molecule has 3 aromatic rings. The van der Waals surface area contributed by atoms with Crippen LogP contribution >= 0.6 is 0 Å². The summed E-state index contributed by atoms with van der Waals surface area (Å²) in [6.45, 7) is 3.95. The van der Waals surface area contributed by atoms with E-state index >= 15 is 0 Å². The second kappa shape index (κ2) is 8.32. The Morgan fingerprint density at radius 1 is 1.18 bits per heavy atom. The maximum absolute atomic E-state index is 11.9. The summed E-state index contributed by atoms with van der Waals surface area (Å²) in [6, 6.07) is 9.33. The van der Waals surface area contributed by atoms with Crippen molar-refractivity contribution >= 4 is 11.0 Å². The Bertz CT molecular complexity index is 1140. The zero-order valence-corrected chi connectivity index (χ0v) is 18.8. The molecule has 1 aromatic carbocycles. The number of hydrogen-bond donors (Lipinski definition) is 3. The van der Waals surface area contributed by atoms with Crippen molar-refractivity contribution in [3.05, 3.63) is 54.0 Å². The van der Waals surface area contributed by atoms with Crippen molar-refractivity contribution < 1.29 is 29.2 Å². The van der Waals surface area contributed by atoms with Gasteiger partial charge in [-0.15, -0.1) is 0 Å². The van der Waals surface area contributed by atoms with Crippen LogP contribution in [0, 0.1) is 0 Å². The van der Waals surface area contributed by atoms with Gasteiger partial charge in [-0.2, -0.15) is 4.98 Å². The largest absolute Gasteiger partial charge is 0.479 e. The lowest BCUT2D eigenvalue weighted by atomic mass is 9.98. The number of aromatic nitrogens is 3. The molecule has 2 aromatic heterocycles. The van der Waals surface area contributed by atoms with Crippen LogP contribution in [0.3, 0.4) is 0 Å². The van der Waals surface area contributed by atoms with Crippen LogP contribution in [0.5, 0.6) is 5.88 Å². The lowest BCUT2D eigenvalue weighted by Crippen LogP contribution is -2.49. The van der Waals surface area contributed by atoms with Gasteiger partial charge in [0.15, 0.2) is 11.5 Å². The molecule has 5 rings (SSSR count). The van der Waals surface area contributed by atoms with Gasteiger partial charge in [0.05, 0.1) is 26.4 Å². The van der Waals surface area contributed by atoms with Crippen molar-refractivity contribution in [3.63, 3.8) is 0 Å². The average molecular weight is 456 g/mol. The fourth-order valence-corrected chi connectivity index (χ4v) is 4.70. The molecule has 0 unspecified atom stereocenters. The quantitative estimate of drug-likeness (QED) is 0.482. The highest BCUT2D eigenvalue weighted by Gasteiger charge is 2.62. The minimum atomic E-state index is -1.66. The van der Waals surface area contributed by atoms with Crippen LogP contribution in [-0.2, 0) is 33.3 Å². The molecule has 2 saturated heterocycles. The molecule has 4 atom stereocenters. The highest BCUT2D eigenvalue weighted by Crippen LogP contribution is 2.46. The number of methoxy groups -OCH3 is 1. The van der Waals surface area contributed by atoms with Gasteiger partial charge in [-0.25, -0.2) is 4.98 Å². The highest BCUT2D eigenvalue weighted by molar-refractivity contribution is 5.85. The van der Waals surface area contributed by atoms with E-state index in [1.165, 1.54) is 13.4 Å². The maximum atomic E-state index is 11.9. The summed E-state index contributed by atoms with van der Waals surface area (Å²) in [4.78, 5) is 8.67. The second-order valence-electron chi connectivity index (χ2n) is 8.78. The highest BCUT2D eigenvalue weighted by atomic mass is 16.8. The Hall–Kier alpha value is -2.60. The first-order valence-electron chi connectivity index (χ1n) is 10.8. The Balaban J connectivity index is 1.53. The van der Waals surface area contributed by atoms with E-state index in [0.29, 0.717) is 29.1 Å². The summed E-state index contributed by atoms with van der Waals surface area (Å²) in [5, 5.41) is 24.9. The van der Waals surface area contributed by atoms with E-state index in [-0.39, 0.29) is 13.3 Å². The average Bonchev–Trinajstić information content (AvgIpc) is 3.43. The normalized spacial score (nSPS) is 28.3. The van der Waals surface area contributed by atoms with Gasteiger partial charge in [0, 0.05) is 11.8 Å². The molecule has 10 heteroatoms. The first-order chi connectivity index (χ1) is 15.9. The van der Waals surface area contributed by atoms with Crippen LogP contribution in [-0.4, -0.2) is 62.5 Å². The molecule has 0 spiro atoms. The van der Waals surface area contributed by atoms with E-state index < -0.39 is 29.8 Å². The lowest BCUT2D eigenvalue weighted by molar-refractivity contribution is -0.189. The number of hydrogen-bond acceptors (Lipinski definition) is 9. The molecule has 2 aliphatic heterocycles. The minimum absolute atomic E-state index is 0.186. The fraction of sp³-hybridized carbons (Fsp3) is 0.478. The predicted octanol–water partition coefficient (Wildman–Crippen LogP) is 1.24. The van der Waals surface area contributed by atoms with Crippen molar-refractivity contribution in [2.75, 3.05) is 13.7 Å². The molecule has 2 fully saturated rings. The molecule has 0 saturated carbocycles. The van der Waals surface area contributed by atoms with E-state index in [9.17, 15) is 10.2 Å². The zero-order valence-electron chi connectivity index (χ0n) is 18.8. The van der Waals surface area contributed by atoms with Gasteiger partial charge in [-0.3, -0.25) is 5.32 Å². The van der Waals surface area contributed by atoms with Crippen molar-refractivity contribution in [2.24, 2.45) is 0 Å². The Morgan fingerprint density at radius 2 is 1.97 bits per heavy atom. The monoisotopic (exact) mass is 456 g/mol. The van der Waals surface area contributed by atoms with Crippen molar-refractivity contribution in [2.45, 2.75) is 56.9 Å². The first-order valence-corrected chi connectivity index (χ1v) is 10.8. The number of fused-ring (bicyclic) bond motifs is 2. The second-order valence-corrected chi connectivity index (χ2v) is 8.78. The summed E-state index contributed by atoms with van der Waals surface area (Å²) in [5.41, 5.74) is 0.926. The van der Waals surface area contributed by atoms with Crippen molar-refractivity contribution in [3.8, 4) is 5.88 Å². The van der Waals surface area contributed by atoms with E-state index in [1.807, 2.05) is 30.3 Å². The molecule has 4 heterocycles. The maximum Gasteiger partial charge on any atom is 0.241 e. The number of aliphatic hydroxyl groups excluding tert-OH is 1. The fourth-order valence-electron chi connectivity index (χ4n) is 4.70. The first kappa shape index (κ1) is 22.2. The third kappa shape index (κ3) is 3.78. The molecule has 176 valence electrons. The van der Waals surface area contributed by atoms with Crippen LogP contribution in [0.4, 0.5) is 0 Å². The molecule has 10 nitrogen and oxygen atoms in total. The molecule has 0 aliphatic carbocycles. The molecule has 0 bridgehead atoms. The predicted molar refractivity (Wildman–Crippen MR) is 117 cm³/mol. The summed E-state index contributed by atoms with van der Waals surface area (Å²) >= 11 is 0. The van der Waals surface area contributed by atoms with Crippen molar-refractivity contribution in [1.29, 1.82) is 0 Å². The number of nitrogens with one attached hydrogen (secondary N) is 1. The van der Waals surface area contributed by atoms with Crippen LogP contribution in [0.15, 0.2) is 42.9 Å². The van der Waals surface area contributed by atoms with Gasteiger partial charge in [0.1, 0.15) is 36.3 Å². The smallest absolute Gasteiger partial charge is 0.241 e. The lowest BCUT2D eigenvalue weighted by Gasteiger charge is -2.30. The molecular weight excluding hydrogens is 428 g/mol. The van der Waals surface area contributed by atoms with E-state index in [4.69, 9.17) is 18.9 Å². The van der Waals surface area contributed by atoms with Gasteiger partial charge < -0.3 is 33.7 Å². The molecule has 2 aliphatic rings. The molecular formula is C23H28N4O6. The van der Waals surface area contributed by atoms with E-state index in [0.717, 1.165) is 5.56 Å². The van der Waals surface area contributed by atoms with Crippen LogP contribution in [0.25, 0.3) is 11.0 Å². The number of benzene rings is 1. The van der Waals surface area contributed by atoms with Crippen molar-refractivity contribution in [1.82, 2.24) is 19.9 Å². The SMILES string of the molecule is COc1ncnc2c([C@@]3(O)N[C@H](CO)[C@H]4OC(C)(C)O[C@H]43)cn(COCc3ccccc3)c12. The summed E-state index contributed by atoms with van der Waals surface area (Å²) < 4.78 is 25.3. The summed E-state index contributed by atoms with van der Waals surface area (Å²) in [6.07, 6.45) is 1.85. The third-order valence-corrected chi connectivity index (χ3v) is 6.10. The van der Waals surface area contributed by atoms with Gasteiger partial charge in [-0.05, 0) is 19.4 Å². The summed E-state index contributed by atoms with van der Waals surface area (Å²) in [7, 11) is 1.53. The summed E-state index contributed by atoms with van der Waals surface area (Å²) in [5.74, 6) is -0.543. The van der Waals surface area contributed by atoms with Crippen LogP contribution in [0.2, 0.25) is 0 Å². The topological polar surface area (TPSA) is 120 Å². The zero-order chi connectivity index (χ0) is 23.2. The minimum Gasteiger partial charge on any atom is -0.479 e. The van der Waals surface area contributed by atoms with Gasteiger partial charge in [0.2, 0.25) is 5.88 Å². The van der Waals surface area contributed by atoms with Gasteiger partial charge >= 0.3 is 0 Å². The van der Waals surface area contributed by atoms with Gasteiger partial charge in [0.25, 0.3) is 0 Å².